The zero-order valence-electron chi connectivity index (χ0n) is 15.5. The SMILES string of the molecule is CN=C(NCc1sc(C)nc1C)N(C)CCOc1ccccc1C.I. The summed E-state index contributed by atoms with van der Waals surface area (Å²) in [6.45, 7) is 8.25. The molecule has 2 rings (SSSR count). The van der Waals surface area contributed by atoms with Crippen molar-refractivity contribution in [2.75, 3.05) is 27.2 Å². The molecule has 0 fully saturated rings. The molecule has 0 aliphatic carbocycles. The van der Waals surface area contributed by atoms with Crippen molar-refractivity contribution in [1.29, 1.82) is 0 Å². The number of ether oxygens (including phenoxy) is 1. The summed E-state index contributed by atoms with van der Waals surface area (Å²) >= 11 is 1.72. The third-order valence-electron chi connectivity index (χ3n) is 3.76. The van der Waals surface area contributed by atoms with E-state index in [-0.39, 0.29) is 24.0 Å². The van der Waals surface area contributed by atoms with Gasteiger partial charge in [0.15, 0.2) is 5.96 Å². The number of hydrogen-bond acceptors (Lipinski definition) is 4. The maximum Gasteiger partial charge on any atom is 0.193 e. The number of halogens is 1. The van der Waals surface area contributed by atoms with Gasteiger partial charge in [-0.05, 0) is 32.4 Å². The van der Waals surface area contributed by atoms with E-state index in [1.54, 1.807) is 18.4 Å². The Labute approximate surface area is 171 Å². The Kier molecular flexibility index (Phi) is 9.20. The van der Waals surface area contributed by atoms with E-state index in [1.807, 2.05) is 39.1 Å². The summed E-state index contributed by atoms with van der Waals surface area (Å²) in [5, 5.41) is 4.49. The Morgan fingerprint density at radius 3 is 2.60 bits per heavy atom. The lowest BCUT2D eigenvalue weighted by molar-refractivity contribution is 0.280. The minimum Gasteiger partial charge on any atom is -0.491 e. The predicted molar refractivity (Wildman–Crippen MR) is 117 cm³/mol. The summed E-state index contributed by atoms with van der Waals surface area (Å²) in [5.41, 5.74) is 2.24. The van der Waals surface area contributed by atoms with Gasteiger partial charge in [0.05, 0.1) is 23.8 Å². The number of likely N-dealkylation sites (N-methyl/N-ethyl adjacent to an activating group) is 1. The Bertz CT molecular complexity index is 702. The van der Waals surface area contributed by atoms with Crippen molar-refractivity contribution in [1.82, 2.24) is 15.2 Å². The molecule has 0 aliphatic heterocycles. The molecule has 0 amide bonds. The van der Waals surface area contributed by atoms with E-state index >= 15 is 0 Å². The van der Waals surface area contributed by atoms with Gasteiger partial charge in [-0.25, -0.2) is 4.98 Å². The number of guanidine groups is 1. The molecule has 0 aliphatic rings. The van der Waals surface area contributed by atoms with Gasteiger partial charge in [-0.3, -0.25) is 4.99 Å². The molecule has 138 valence electrons. The molecule has 5 nitrogen and oxygen atoms in total. The summed E-state index contributed by atoms with van der Waals surface area (Å²) in [7, 11) is 3.81. The third-order valence-corrected chi connectivity index (χ3v) is 4.83. The maximum atomic E-state index is 5.85. The Balaban J connectivity index is 0.00000312. The number of aliphatic imine (C=N–C) groups is 1. The molecule has 0 saturated carbocycles. The molecule has 0 radical (unpaired) electrons. The number of nitrogens with zero attached hydrogens (tertiary/aromatic N) is 3. The first-order chi connectivity index (χ1) is 11.5. The van der Waals surface area contributed by atoms with Crippen molar-refractivity contribution in [3.63, 3.8) is 0 Å². The highest BCUT2D eigenvalue weighted by Crippen LogP contribution is 2.17. The van der Waals surface area contributed by atoms with Gasteiger partial charge in [-0.15, -0.1) is 35.3 Å². The van der Waals surface area contributed by atoms with Crippen LogP contribution >= 0.6 is 35.3 Å². The van der Waals surface area contributed by atoms with Crippen LogP contribution in [0.25, 0.3) is 0 Å². The predicted octanol–water partition coefficient (Wildman–Crippen LogP) is 3.77. The van der Waals surface area contributed by atoms with Gasteiger partial charge in [-0.1, -0.05) is 18.2 Å². The Morgan fingerprint density at radius 1 is 1.28 bits per heavy atom. The van der Waals surface area contributed by atoms with E-state index in [1.165, 1.54) is 4.88 Å². The molecule has 1 aromatic carbocycles. The van der Waals surface area contributed by atoms with Crippen LogP contribution in [-0.4, -0.2) is 43.1 Å². The second-order valence-electron chi connectivity index (χ2n) is 5.68. The topological polar surface area (TPSA) is 49.8 Å². The van der Waals surface area contributed by atoms with E-state index in [9.17, 15) is 0 Å². The van der Waals surface area contributed by atoms with Gasteiger partial charge in [0.1, 0.15) is 12.4 Å². The van der Waals surface area contributed by atoms with Crippen LogP contribution in [0.3, 0.4) is 0 Å². The average molecular weight is 474 g/mol. The molecule has 1 aromatic heterocycles. The van der Waals surface area contributed by atoms with E-state index in [0.717, 1.165) is 41.1 Å². The van der Waals surface area contributed by atoms with Crippen molar-refractivity contribution < 1.29 is 4.74 Å². The fourth-order valence-corrected chi connectivity index (χ4v) is 3.28. The number of aryl methyl sites for hydroxylation is 3. The maximum absolute atomic E-state index is 5.85. The first kappa shape index (κ1) is 21.7. The second-order valence-corrected chi connectivity index (χ2v) is 6.97. The molecule has 0 spiro atoms. The largest absolute Gasteiger partial charge is 0.491 e. The fraction of sp³-hybridized carbons (Fsp3) is 0.444. The van der Waals surface area contributed by atoms with Crippen LogP contribution in [0.2, 0.25) is 0 Å². The molecule has 25 heavy (non-hydrogen) atoms. The van der Waals surface area contributed by atoms with Crippen LogP contribution in [0, 0.1) is 20.8 Å². The molecule has 1 heterocycles. The monoisotopic (exact) mass is 474 g/mol. The van der Waals surface area contributed by atoms with Crippen molar-refractivity contribution in [2.24, 2.45) is 4.99 Å². The number of para-hydroxylation sites is 1. The molecule has 0 saturated heterocycles. The summed E-state index contributed by atoms with van der Waals surface area (Å²) in [6.07, 6.45) is 0. The van der Waals surface area contributed by atoms with Gasteiger partial charge in [0.2, 0.25) is 0 Å². The van der Waals surface area contributed by atoms with Crippen LogP contribution in [0.4, 0.5) is 0 Å². The normalized spacial score (nSPS) is 11.0. The van der Waals surface area contributed by atoms with Crippen LogP contribution < -0.4 is 10.1 Å². The number of aromatic nitrogens is 1. The second kappa shape index (κ2) is 10.6. The van der Waals surface area contributed by atoms with Crippen molar-refractivity contribution in [2.45, 2.75) is 27.3 Å². The van der Waals surface area contributed by atoms with E-state index in [4.69, 9.17) is 4.74 Å². The summed E-state index contributed by atoms with van der Waals surface area (Å²) in [5.74, 6) is 1.79. The molecule has 0 bridgehead atoms. The summed E-state index contributed by atoms with van der Waals surface area (Å²) in [4.78, 5) is 12.1. The van der Waals surface area contributed by atoms with Crippen LogP contribution in [0.5, 0.6) is 5.75 Å². The lowest BCUT2D eigenvalue weighted by Gasteiger charge is -2.22. The van der Waals surface area contributed by atoms with Crippen molar-refractivity contribution >= 4 is 41.3 Å². The first-order valence-electron chi connectivity index (χ1n) is 8.04. The standard InChI is InChI=1S/C18H26N4OS.HI/c1-13-8-6-7-9-16(13)23-11-10-22(5)18(19-4)20-12-17-14(2)21-15(3)24-17;/h6-9H,10-12H2,1-5H3,(H,19,20);1H. The molecule has 1 N–H and O–H groups in total. The number of benzene rings is 1. The molecule has 7 heteroatoms. The van der Waals surface area contributed by atoms with E-state index in [2.05, 4.69) is 33.2 Å². The fourth-order valence-electron chi connectivity index (χ4n) is 2.40. The molecule has 2 aromatic rings. The number of rotatable bonds is 6. The lowest BCUT2D eigenvalue weighted by atomic mass is 10.2. The Morgan fingerprint density at radius 2 is 2.00 bits per heavy atom. The summed E-state index contributed by atoms with van der Waals surface area (Å²) in [6, 6.07) is 8.06. The van der Waals surface area contributed by atoms with Gasteiger partial charge in [-0.2, -0.15) is 0 Å². The van der Waals surface area contributed by atoms with Crippen LogP contribution in [0.15, 0.2) is 29.3 Å². The van der Waals surface area contributed by atoms with Gasteiger partial charge in [0, 0.05) is 19.0 Å². The number of thiazole rings is 1. The average Bonchev–Trinajstić information content (AvgIpc) is 2.87. The van der Waals surface area contributed by atoms with Gasteiger partial charge >= 0.3 is 0 Å². The summed E-state index contributed by atoms with van der Waals surface area (Å²) < 4.78 is 5.85. The number of nitrogens with one attached hydrogen (secondary N) is 1. The smallest absolute Gasteiger partial charge is 0.193 e. The zero-order chi connectivity index (χ0) is 17.5. The minimum absolute atomic E-state index is 0. The van der Waals surface area contributed by atoms with Crippen molar-refractivity contribution in [3.05, 3.63) is 45.4 Å². The van der Waals surface area contributed by atoms with Crippen LogP contribution in [-0.2, 0) is 6.54 Å². The molecule has 0 atom stereocenters. The molecule has 0 unspecified atom stereocenters. The minimum atomic E-state index is 0. The zero-order valence-corrected chi connectivity index (χ0v) is 18.6. The van der Waals surface area contributed by atoms with Crippen LogP contribution in [0.1, 0.15) is 21.1 Å². The highest BCUT2D eigenvalue weighted by Gasteiger charge is 2.09. The van der Waals surface area contributed by atoms with Gasteiger partial charge in [0.25, 0.3) is 0 Å². The third kappa shape index (κ3) is 6.47. The lowest BCUT2D eigenvalue weighted by Crippen LogP contribution is -2.40. The molecular weight excluding hydrogens is 447 g/mol. The molecular formula is C18H27IN4OS. The number of hydrogen-bond donors (Lipinski definition) is 1. The van der Waals surface area contributed by atoms with Gasteiger partial charge < -0.3 is 15.0 Å². The quantitative estimate of drug-likeness (QED) is 0.394. The first-order valence-corrected chi connectivity index (χ1v) is 8.86. The van der Waals surface area contributed by atoms with E-state index < -0.39 is 0 Å². The Hall–Kier alpha value is -1.35. The highest BCUT2D eigenvalue weighted by atomic mass is 127. The van der Waals surface area contributed by atoms with E-state index in [0.29, 0.717) is 6.61 Å². The van der Waals surface area contributed by atoms with Crippen molar-refractivity contribution in [3.8, 4) is 5.75 Å². The highest BCUT2D eigenvalue weighted by molar-refractivity contribution is 14.0.